The minimum Gasteiger partial charge on any atom is -0.445 e. The summed E-state index contributed by atoms with van der Waals surface area (Å²) in [5, 5.41) is 10.8. The fraction of sp³-hybridized carbons (Fsp3) is 0.424. The summed E-state index contributed by atoms with van der Waals surface area (Å²) < 4.78 is 33.7. The Morgan fingerprint density at radius 2 is 1.52 bits per heavy atom. The molecule has 1 fully saturated rings. The minimum absolute atomic E-state index is 0.105. The number of likely N-dealkylation sites (tertiary alicyclic amines) is 1. The van der Waals surface area contributed by atoms with E-state index < -0.39 is 15.4 Å². The van der Waals surface area contributed by atoms with Crippen LogP contribution in [0.3, 0.4) is 0 Å². The molecule has 0 aliphatic carbocycles. The van der Waals surface area contributed by atoms with Crippen molar-refractivity contribution in [3.63, 3.8) is 0 Å². The highest BCUT2D eigenvalue weighted by Crippen LogP contribution is 2.32. The van der Waals surface area contributed by atoms with Crippen LogP contribution in [0.4, 0.5) is 4.79 Å². The Kier molecular flexibility index (Phi) is 11.2. The van der Waals surface area contributed by atoms with Crippen LogP contribution < -0.4 is 0 Å². The van der Waals surface area contributed by atoms with Gasteiger partial charge in [-0.25, -0.2) is 13.2 Å². The Morgan fingerprint density at radius 3 is 2.10 bits per heavy atom. The zero-order chi connectivity index (χ0) is 30.0. The molecule has 1 aliphatic rings. The van der Waals surface area contributed by atoms with Gasteiger partial charge in [-0.2, -0.15) is 4.31 Å². The van der Waals surface area contributed by atoms with Crippen molar-refractivity contribution in [2.45, 2.75) is 49.1 Å². The summed E-state index contributed by atoms with van der Waals surface area (Å²) in [5.41, 5.74) is 1.10. The van der Waals surface area contributed by atoms with E-state index >= 15 is 0 Å². The van der Waals surface area contributed by atoms with Crippen LogP contribution in [0.1, 0.15) is 37.3 Å². The van der Waals surface area contributed by atoms with Crippen molar-refractivity contribution < 1.29 is 23.1 Å². The number of ether oxygens (including phenoxy) is 1. The lowest BCUT2D eigenvalue weighted by molar-refractivity contribution is 0.0601. The fourth-order valence-corrected chi connectivity index (χ4v) is 7.05. The smallest absolute Gasteiger partial charge is 0.410 e. The normalized spacial score (nSPS) is 16.2. The number of benzene rings is 3. The van der Waals surface area contributed by atoms with Gasteiger partial charge in [-0.3, -0.25) is 0 Å². The van der Waals surface area contributed by atoms with Gasteiger partial charge in [-0.15, -0.1) is 0 Å². The van der Waals surface area contributed by atoms with E-state index in [-0.39, 0.29) is 36.8 Å². The monoisotopic (exact) mass is 593 g/mol. The van der Waals surface area contributed by atoms with Gasteiger partial charge in [0.15, 0.2) is 0 Å². The number of sulfonamides is 1. The molecular formula is C33H43N3O5S. The second-order valence-corrected chi connectivity index (χ2v) is 13.1. The number of amides is 1. The molecule has 8 nitrogen and oxygen atoms in total. The molecule has 3 aromatic rings. The third-order valence-electron chi connectivity index (χ3n) is 8.35. The Balaban J connectivity index is 1.39. The van der Waals surface area contributed by atoms with E-state index in [9.17, 15) is 18.3 Å². The van der Waals surface area contributed by atoms with Gasteiger partial charge in [0.05, 0.1) is 11.5 Å². The highest BCUT2D eigenvalue weighted by atomic mass is 32.2. The number of piperidine rings is 1. The first-order valence-corrected chi connectivity index (χ1v) is 16.1. The van der Waals surface area contributed by atoms with Crippen molar-refractivity contribution in [2.75, 3.05) is 46.4 Å². The third-order valence-corrected chi connectivity index (χ3v) is 10.2. The standard InChI is InChI=1S/C33H43N3O5S/c1-3-36(32(38)41-25-28-13-7-4-8-14-28)30-19-22-35(23-20-30)24-21-33(27-37,29-15-9-5-10-16-29)26-34(2)42(39,40)31-17-11-6-12-18-31/h4-18,30,37H,3,19-27H2,1-2H3/t33-/m1/s1. The molecule has 1 amide bonds. The molecule has 1 heterocycles. The summed E-state index contributed by atoms with van der Waals surface area (Å²) in [6.07, 6.45) is 1.96. The third kappa shape index (κ3) is 7.77. The molecule has 1 aliphatic heterocycles. The van der Waals surface area contributed by atoms with Crippen molar-refractivity contribution in [2.24, 2.45) is 0 Å². The minimum atomic E-state index is -3.72. The Hall–Kier alpha value is -3.24. The van der Waals surface area contributed by atoms with Crippen LogP contribution in [0.15, 0.2) is 95.9 Å². The molecule has 1 N–H and O–H groups in total. The topological polar surface area (TPSA) is 90.4 Å². The summed E-state index contributed by atoms with van der Waals surface area (Å²) in [6, 6.07) is 27.9. The number of aliphatic hydroxyl groups excluding tert-OH is 1. The molecule has 0 aromatic heterocycles. The molecule has 3 aromatic carbocycles. The quantitative estimate of drug-likeness (QED) is 0.308. The van der Waals surface area contributed by atoms with Crippen LogP contribution in [-0.4, -0.2) is 86.1 Å². The van der Waals surface area contributed by atoms with Crippen molar-refractivity contribution in [1.29, 1.82) is 0 Å². The fourth-order valence-electron chi connectivity index (χ4n) is 5.78. The highest BCUT2D eigenvalue weighted by molar-refractivity contribution is 7.89. The van der Waals surface area contributed by atoms with Crippen LogP contribution in [0.25, 0.3) is 0 Å². The van der Waals surface area contributed by atoms with E-state index in [1.807, 2.05) is 72.5 Å². The SMILES string of the molecule is CCN(C(=O)OCc1ccccc1)C1CCN(CC[C@](CO)(CN(C)S(=O)(=O)c2ccccc2)c2ccccc2)CC1. The maximum absolute atomic E-state index is 13.4. The lowest BCUT2D eigenvalue weighted by Crippen LogP contribution is -2.49. The van der Waals surface area contributed by atoms with Gasteiger partial charge in [0.25, 0.3) is 0 Å². The predicted molar refractivity (Wildman–Crippen MR) is 165 cm³/mol. The van der Waals surface area contributed by atoms with Gasteiger partial charge in [-0.05, 0) is 56.0 Å². The Morgan fingerprint density at radius 1 is 0.952 bits per heavy atom. The lowest BCUT2D eigenvalue weighted by atomic mass is 9.77. The summed E-state index contributed by atoms with van der Waals surface area (Å²) >= 11 is 0. The number of aliphatic hydroxyl groups is 1. The van der Waals surface area contributed by atoms with Gasteiger partial charge in [-0.1, -0.05) is 78.9 Å². The summed E-state index contributed by atoms with van der Waals surface area (Å²) in [7, 11) is -2.14. The van der Waals surface area contributed by atoms with Crippen LogP contribution in [0.2, 0.25) is 0 Å². The molecule has 0 radical (unpaired) electrons. The van der Waals surface area contributed by atoms with E-state index in [0.717, 1.165) is 37.1 Å². The molecule has 9 heteroatoms. The Bertz CT molecular complexity index is 1350. The zero-order valence-corrected chi connectivity index (χ0v) is 25.5. The average molecular weight is 594 g/mol. The first-order chi connectivity index (χ1) is 20.3. The summed E-state index contributed by atoms with van der Waals surface area (Å²) in [4.78, 5) is 17.3. The van der Waals surface area contributed by atoms with Gasteiger partial charge in [0.1, 0.15) is 6.61 Å². The summed E-state index contributed by atoms with van der Waals surface area (Å²) in [5.74, 6) is 0. The van der Waals surface area contributed by atoms with Crippen molar-refractivity contribution in [1.82, 2.24) is 14.1 Å². The number of nitrogens with zero attached hydrogens (tertiary/aromatic N) is 3. The van der Waals surface area contributed by atoms with Crippen LogP contribution >= 0.6 is 0 Å². The van der Waals surface area contributed by atoms with E-state index in [1.54, 1.807) is 37.4 Å². The number of hydrogen-bond donors (Lipinski definition) is 1. The molecular weight excluding hydrogens is 550 g/mol. The van der Waals surface area contributed by atoms with E-state index in [4.69, 9.17) is 4.74 Å². The molecule has 0 bridgehead atoms. The molecule has 0 unspecified atom stereocenters. The maximum Gasteiger partial charge on any atom is 0.410 e. The molecule has 0 spiro atoms. The molecule has 4 rings (SSSR count). The molecule has 1 saturated heterocycles. The van der Waals surface area contributed by atoms with Crippen LogP contribution in [-0.2, 0) is 26.8 Å². The van der Waals surface area contributed by atoms with Crippen molar-refractivity contribution in [3.8, 4) is 0 Å². The van der Waals surface area contributed by atoms with E-state index in [2.05, 4.69) is 4.90 Å². The average Bonchev–Trinajstić information content (AvgIpc) is 3.04. The van der Waals surface area contributed by atoms with Crippen LogP contribution in [0, 0.1) is 0 Å². The highest BCUT2D eigenvalue weighted by Gasteiger charge is 2.37. The first-order valence-electron chi connectivity index (χ1n) is 14.7. The second-order valence-electron chi connectivity index (χ2n) is 11.0. The van der Waals surface area contributed by atoms with Crippen LogP contribution in [0.5, 0.6) is 0 Å². The van der Waals surface area contributed by atoms with Crippen molar-refractivity contribution >= 4 is 16.1 Å². The van der Waals surface area contributed by atoms with Crippen molar-refractivity contribution in [3.05, 3.63) is 102 Å². The molecule has 226 valence electrons. The molecule has 42 heavy (non-hydrogen) atoms. The molecule has 1 atom stereocenters. The van der Waals surface area contributed by atoms with Gasteiger partial charge >= 0.3 is 6.09 Å². The largest absolute Gasteiger partial charge is 0.445 e. The van der Waals surface area contributed by atoms with E-state index in [0.29, 0.717) is 19.5 Å². The molecule has 0 saturated carbocycles. The van der Waals surface area contributed by atoms with Gasteiger partial charge < -0.3 is 19.6 Å². The first kappa shape index (κ1) is 31.7. The second kappa shape index (κ2) is 14.8. The maximum atomic E-state index is 13.4. The Labute approximate surface area is 250 Å². The number of hydrogen-bond acceptors (Lipinski definition) is 6. The van der Waals surface area contributed by atoms with Gasteiger partial charge in [0.2, 0.25) is 10.0 Å². The lowest BCUT2D eigenvalue weighted by Gasteiger charge is -2.40. The zero-order valence-electron chi connectivity index (χ0n) is 24.6. The van der Waals surface area contributed by atoms with E-state index in [1.165, 1.54) is 4.31 Å². The number of carbonyl (C=O) groups excluding carboxylic acids is 1. The summed E-state index contributed by atoms with van der Waals surface area (Å²) in [6.45, 7) is 5.10. The number of carbonyl (C=O) groups is 1. The predicted octanol–water partition coefficient (Wildman–Crippen LogP) is 4.75. The van der Waals surface area contributed by atoms with Gasteiger partial charge in [0, 0.05) is 44.7 Å². The number of likely N-dealkylation sites (N-methyl/N-ethyl adjacent to an activating group) is 1. The number of rotatable bonds is 13.